The molecule has 15 heavy (non-hydrogen) atoms. The lowest BCUT2D eigenvalue weighted by atomic mass is 9.80. The van der Waals surface area contributed by atoms with E-state index in [1.165, 1.54) is 19.3 Å². The zero-order chi connectivity index (χ0) is 10.8. The van der Waals surface area contributed by atoms with Crippen LogP contribution in [0.5, 0.6) is 0 Å². The number of nitrogens with one attached hydrogen (secondary N) is 1. The van der Waals surface area contributed by atoms with Gasteiger partial charge in [-0.2, -0.15) is 0 Å². The van der Waals surface area contributed by atoms with Crippen molar-refractivity contribution in [2.45, 2.75) is 32.2 Å². The number of hydrogen-bond donors (Lipinski definition) is 2. The number of rotatable bonds is 3. The topological polar surface area (TPSA) is 38.0 Å². The molecule has 1 aliphatic rings. The van der Waals surface area contributed by atoms with E-state index >= 15 is 0 Å². The van der Waals surface area contributed by atoms with Gasteiger partial charge >= 0.3 is 0 Å². The summed E-state index contributed by atoms with van der Waals surface area (Å²) in [7, 11) is 0. The smallest absolute Gasteiger partial charge is 0.0739 e. The van der Waals surface area contributed by atoms with E-state index in [4.69, 9.17) is 17.3 Å². The van der Waals surface area contributed by atoms with Gasteiger partial charge in [-0.1, -0.05) is 24.1 Å². The number of nitrogen functional groups attached to an aromatic ring is 1. The highest BCUT2D eigenvalue weighted by molar-refractivity contribution is 6.33. The molecule has 0 saturated heterocycles. The van der Waals surface area contributed by atoms with Gasteiger partial charge in [0.25, 0.3) is 0 Å². The summed E-state index contributed by atoms with van der Waals surface area (Å²) in [6.45, 7) is 2.21. The van der Waals surface area contributed by atoms with Crippen LogP contribution in [0.3, 0.4) is 0 Å². The predicted octanol–water partition coefficient (Wildman–Crippen LogP) is 3.52. The molecule has 2 nitrogen and oxygen atoms in total. The van der Waals surface area contributed by atoms with E-state index in [-0.39, 0.29) is 0 Å². The van der Waals surface area contributed by atoms with E-state index in [9.17, 15) is 0 Å². The van der Waals surface area contributed by atoms with E-state index in [2.05, 4.69) is 12.2 Å². The van der Waals surface area contributed by atoms with Crippen molar-refractivity contribution in [1.29, 1.82) is 0 Å². The second-order valence-electron chi connectivity index (χ2n) is 4.33. The summed E-state index contributed by atoms with van der Waals surface area (Å²) in [4.78, 5) is 0. The van der Waals surface area contributed by atoms with Gasteiger partial charge in [0.1, 0.15) is 0 Å². The van der Waals surface area contributed by atoms with Crippen LogP contribution < -0.4 is 11.1 Å². The molecule has 1 unspecified atom stereocenters. The lowest BCUT2D eigenvalue weighted by Crippen LogP contribution is -2.31. The molecule has 0 heterocycles. The van der Waals surface area contributed by atoms with Crippen LogP contribution in [0.1, 0.15) is 26.2 Å². The van der Waals surface area contributed by atoms with Crippen LogP contribution in [0.25, 0.3) is 0 Å². The zero-order valence-electron chi connectivity index (χ0n) is 8.96. The molecule has 1 aromatic rings. The fourth-order valence-electron chi connectivity index (χ4n) is 1.97. The molecule has 0 amide bonds. The second kappa shape index (κ2) is 4.31. The van der Waals surface area contributed by atoms with Crippen molar-refractivity contribution in [3.8, 4) is 0 Å². The average molecular weight is 225 g/mol. The molecule has 1 fully saturated rings. The highest BCUT2D eigenvalue weighted by Crippen LogP contribution is 2.33. The number of halogens is 1. The van der Waals surface area contributed by atoms with Gasteiger partial charge in [0.2, 0.25) is 0 Å². The highest BCUT2D eigenvalue weighted by Gasteiger charge is 2.24. The Morgan fingerprint density at radius 3 is 2.80 bits per heavy atom. The molecule has 1 aliphatic carbocycles. The lowest BCUT2D eigenvalue weighted by molar-refractivity contribution is 0.285. The SMILES string of the molecule is CC(Nc1cccc(Cl)c1N)C1CCC1. The Kier molecular flexibility index (Phi) is 3.06. The number of benzene rings is 1. The van der Waals surface area contributed by atoms with Gasteiger partial charge in [-0.05, 0) is 37.8 Å². The molecule has 82 valence electrons. The zero-order valence-corrected chi connectivity index (χ0v) is 9.72. The van der Waals surface area contributed by atoms with Crippen LogP contribution in [-0.4, -0.2) is 6.04 Å². The summed E-state index contributed by atoms with van der Waals surface area (Å²) in [5.74, 6) is 0.795. The molecule has 1 aromatic carbocycles. The first-order valence-corrected chi connectivity index (χ1v) is 5.87. The molecule has 0 aliphatic heterocycles. The summed E-state index contributed by atoms with van der Waals surface area (Å²) in [5, 5.41) is 4.07. The maximum atomic E-state index is 5.96. The van der Waals surface area contributed by atoms with E-state index in [1.54, 1.807) is 0 Å². The van der Waals surface area contributed by atoms with Crippen LogP contribution in [0, 0.1) is 5.92 Å². The van der Waals surface area contributed by atoms with Gasteiger partial charge in [-0.15, -0.1) is 0 Å². The quantitative estimate of drug-likeness (QED) is 0.771. The Labute approximate surface area is 95.8 Å². The Balaban J connectivity index is 2.06. The first-order valence-electron chi connectivity index (χ1n) is 5.49. The molecular formula is C12H17ClN2. The maximum Gasteiger partial charge on any atom is 0.0739 e. The largest absolute Gasteiger partial charge is 0.396 e. The van der Waals surface area contributed by atoms with Crippen LogP contribution in [0.4, 0.5) is 11.4 Å². The fraction of sp³-hybridized carbons (Fsp3) is 0.500. The van der Waals surface area contributed by atoms with Crippen molar-refractivity contribution in [1.82, 2.24) is 0 Å². The minimum atomic E-state index is 0.486. The molecule has 3 heteroatoms. The number of nitrogens with two attached hydrogens (primary N) is 1. The van der Waals surface area contributed by atoms with Gasteiger partial charge in [-0.25, -0.2) is 0 Å². The van der Waals surface area contributed by atoms with Crippen molar-refractivity contribution in [3.63, 3.8) is 0 Å². The second-order valence-corrected chi connectivity index (χ2v) is 4.73. The summed E-state index contributed by atoms with van der Waals surface area (Å²) in [6, 6.07) is 6.21. The van der Waals surface area contributed by atoms with Crippen molar-refractivity contribution in [3.05, 3.63) is 23.2 Å². The number of para-hydroxylation sites is 1. The molecule has 0 spiro atoms. The monoisotopic (exact) mass is 224 g/mol. The van der Waals surface area contributed by atoms with Gasteiger partial charge < -0.3 is 11.1 Å². The summed E-state index contributed by atoms with van der Waals surface area (Å²) >= 11 is 5.96. The predicted molar refractivity (Wildman–Crippen MR) is 66.3 cm³/mol. The normalized spacial score (nSPS) is 18.3. The van der Waals surface area contributed by atoms with E-state index in [0.29, 0.717) is 16.8 Å². The number of anilines is 2. The summed E-state index contributed by atoms with van der Waals surface area (Å²) < 4.78 is 0. The summed E-state index contributed by atoms with van der Waals surface area (Å²) in [5.41, 5.74) is 7.51. The van der Waals surface area contributed by atoms with E-state index in [1.807, 2.05) is 18.2 Å². The highest BCUT2D eigenvalue weighted by atomic mass is 35.5. The Bertz CT molecular complexity index is 347. The van der Waals surface area contributed by atoms with Crippen molar-refractivity contribution in [2.24, 2.45) is 5.92 Å². The third-order valence-corrected chi connectivity index (χ3v) is 3.62. The molecule has 3 N–H and O–H groups in total. The van der Waals surface area contributed by atoms with E-state index < -0.39 is 0 Å². The molecule has 2 rings (SSSR count). The van der Waals surface area contributed by atoms with Gasteiger partial charge in [0.05, 0.1) is 16.4 Å². The van der Waals surface area contributed by atoms with Gasteiger partial charge in [0.15, 0.2) is 0 Å². The molecule has 0 aromatic heterocycles. The Morgan fingerprint density at radius 2 is 2.20 bits per heavy atom. The first-order chi connectivity index (χ1) is 7.18. The van der Waals surface area contributed by atoms with Gasteiger partial charge in [0, 0.05) is 6.04 Å². The van der Waals surface area contributed by atoms with Gasteiger partial charge in [-0.3, -0.25) is 0 Å². The van der Waals surface area contributed by atoms with Crippen LogP contribution in [-0.2, 0) is 0 Å². The van der Waals surface area contributed by atoms with Crippen LogP contribution in [0.15, 0.2) is 18.2 Å². The summed E-state index contributed by atoms with van der Waals surface area (Å²) in [6.07, 6.45) is 4.02. The fourth-order valence-corrected chi connectivity index (χ4v) is 2.14. The Morgan fingerprint density at radius 1 is 1.47 bits per heavy atom. The molecule has 1 atom stereocenters. The standard InChI is InChI=1S/C12H17ClN2/c1-8(9-4-2-5-9)15-11-7-3-6-10(13)12(11)14/h3,6-9,15H,2,4-5,14H2,1H3. The Hall–Kier alpha value is -0.890. The molecule has 1 saturated carbocycles. The minimum Gasteiger partial charge on any atom is -0.396 e. The van der Waals surface area contributed by atoms with Crippen LogP contribution >= 0.6 is 11.6 Å². The number of hydrogen-bond acceptors (Lipinski definition) is 2. The molecular weight excluding hydrogens is 208 g/mol. The minimum absolute atomic E-state index is 0.486. The average Bonchev–Trinajstić information content (AvgIpc) is 2.10. The lowest BCUT2D eigenvalue weighted by Gasteiger charge is -2.32. The van der Waals surface area contributed by atoms with E-state index in [0.717, 1.165) is 11.6 Å². The third-order valence-electron chi connectivity index (χ3n) is 3.29. The molecule has 0 radical (unpaired) electrons. The first kappa shape index (κ1) is 10.6. The van der Waals surface area contributed by atoms with Crippen molar-refractivity contribution >= 4 is 23.0 Å². The van der Waals surface area contributed by atoms with Crippen LogP contribution in [0.2, 0.25) is 5.02 Å². The maximum absolute atomic E-state index is 5.96. The molecule has 0 bridgehead atoms. The van der Waals surface area contributed by atoms with Crippen molar-refractivity contribution in [2.75, 3.05) is 11.1 Å². The van der Waals surface area contributed by atoms with Crippen molar-refractivity contribution < 1.29 is 0 Å². The third kappa shape index (κ3) is 2.20.